The van der Waals surface area contributed by atoms with Crippen LogP contribution in [0, 0.1) is 0 Å². The Balaban J connectivity index is 4.57. The molecule has 0 aromatic heterocycles. The lowest BCUT2D eigenvalue weighted by atomic mass is 10.1. The molecule has 15 heavy (non-hydrogen) atoms. The normalized spacial score (nSPS) is 15.4. The van der Waals surface area contributed by atoms with Gasteiger partial charge in [0.15, 0.2) is 0 Å². The highest BCUT2D eigenvalue weighted by Gasteiger charge is 2.36. The fourth-order valence-electron chi connectivity index (χ4n) is 1.46. The van der Waals surface area contributed by atoms with Crippen LogP contribution in [0.4, 0.5) is 0 Å². The van der Waals surface area contributed by atoms with Crippen LogP contribution in [-0.2, 0) is 0 Å². The van der Waals surface area contributed by atoms with Crippen molar-refractivity contribution in [3.05, 3.63) is 0 Å². The Morgan fingerprint density at radius 1 is 1.13 bits per heavy atom. The minimum atomic E-state index is -1.96. The Hall–Kier alpha value is 0.0569. The summed E-state index contributed by atoms with van der Waals surface area (Å²) in [7, 11) is 2.03. The quantitative estimate of drug-likeness (QED) is 0.508. The molecule has 1 unspecified atom stereocenters. The summed E-state index contributed by atoms with van der Waals surface area (Å²) in [5.41, 5.74) is 0.0959. The summed E-state index contributed by atoms with van der Waals surface area (Å²) in [5, 5.41) is 0. The van der Waals surface area contributed by atoms with Gasteiger partial charge >= 0.3 is 8.72 Å². The van der Waals surface area contributed by atoms with Crippen molar-refractivity contribution in [2.24, 2.45) is 0 Å². The van der Waals surface area contributed by atoms with Crippen LogP contribution in [0.1, 0.15) is 41.0 Å². The zero-order chi connectivity index (χ0) is 12.1. The highest BCUT2D eigenvalue weighted by molar-refractivity contribution is 6.70. The van der Waals surface area contributed by atoms with Crippen molar-refractivity contribution in [2.45, 2.75) is 52.6 Å². The van der Waals surface area contributed by atoms with Gasteiger partial charge in [-0.2, -0.15) is 0 Å². The predicted molar refractivity (Wildman–Crippen MR) is 69.7 cm³/mol. The lowest BCUT2D eigenvalue weighted by Gasteiger charge is -2.39. The molecule has 1 atom stereocenters. The number of rotatable bonds is 6. The largest absolute Gasteiger partial charge is 0.366 e. The van der Waals surface area contributed by atoms with Crippen LogP contribution < -0.4 is 19.9 Å². The molecular weight excluding hydrogens is 204 g/mol. The van der Waals surface area contributed by atoms with Gasteiger partial charge in [0, 0.05) is 11.6 Å². The molecule has 4 N–H and O–H groups in total. The topological polar surface area (TPSA) is 48.1 Å². The van der Waals surface area contributed by atoms with Crippen LogP contribution in [0.25, 0.3) is 0 Å². The summed E-state index contributed by atoms with van der Waals surface area (Å²) in [6.07, 6.45) is 1.13. The Labute approximate surface area is 95.9 Å². The van der Waals surface area contributed by atoms with Crippen molar-refractivity contribution >= 4 is 8.72 Å². The van der Waals surface area contributed by atoms with Gasteiger partial charge in [0.2, 0.25) is 0 Å². The van der Waals surface area contributed by atoms with Crippen molar-refractivity contribution in [3.63, 3.8) is 0 Å². The molecule has 5 heteroatoms. The maximum atomic E-state index is 3.64. The lowest BCUT2D eigenvalue weighted by Crippen LogP contribution is -2.83. The summed E-state index contributed by atoms with van der Waals surface area (Å²) in [4.78, 5) is 14.1. The van der Waals surface area contributed by atoms with Gasteiger partial charge in [-0.25, -0.2) is 0 Å². The highest BCUT2D eigenvalue weighted by Crippen LogP contribution is 2.02. The third-order valence-electron chi connectivity index (χ3n) is 2.39. The van der Waals surface area contributed by atoms with Crippen LogP contribution in [-0.4, -0.2) is 34.4 Å². The smallest absolute Gasteiger partial charge is 0.303 e. The van der Waals surface area contributed by atoms with E-state index in [1.807, 2.05) is 14.1 Å². The molecule has 0 saturated carbocycles. The summed E-state index contributed by atoms with van der Waals surface area (Å²) in [6.45, 7) is 10.9. The molecule has 0 aromatic carbocycles. The number of nitrogens with one attached hydrogen (secondary N) is 4. The van der Waals surface area contributed by atoms with E-state index in [0.29, 0.717) is 6.04 Å². The van der Waals surface area contributed by atoms with Crippen LogP contribution in [0.3, 0.4) is 0 Å². The van der Waals surface area contributed by atoms with Gasteiger partial charge in [0.05, 0.1) is 0 Å². The van der Waals surface area contributed by atoms with Crippen LogP contribution in [0.2, 0.25) is 0 Å². The molecule has 0 rings (SSSR count). The fourth-order valence-corrected chi connectivity index (χ4v) is 4.39. The summed E-state index contributed by atoms with van der Waals surface area (Å²) >= 11 is 0. The monoisotopic (exact) mass is 232 g/mol. The van der Waals surface area contributed by atoms with E-state index in [4.69, 9.17) is 0 Å². The van der Waals surface area contributed by atoms with Crippen molar-refractivity contribution in [2.75, 3.05) is 14.1 Å². The standard InChI is InChI=1S/C10H28N4Si/c1-8-9(2)13-15(11-6,12-7)14-10(3,4)5/h9,11-14H,8H2,1-7H3. The van der Waals surface area contributed by atoms with Crippen LogP contribution in [0.5, 0.6) is 0 Å². The molecule has 0 radical (unpaired) electrons. The molecule has 0 aliphatic heterocycles. The molecule has 0 heterocycles. The van der Waals surface area contributed by atoms with Gasteiger partial charge < -0.3 is 9.96 Å². The minimum Gasteiger partial charge on any atom is -0.303 e. The third kappa shape index (κ3) is 5.63. The zero-order valence-corrected chi connectivity index (χ0v) is 12.3. The first-order chi connectivity index (χ1) is 6.78. The second-order valence-corrected chi connectivity index (χ2v) is 8.12. The van der Waals surface area contributed by atoms with Gasteiger partial charge in [0.25, 0.3) is 0 Å². The lowest BCUT2D eigenvalue weighted by molar-refractivity contribution is 0.477. The first-order valence-electron chi connectivity index (χ1n) is 5.73. The van der Waals surface area contributed by atoms with E-state index in [1.165, 1.54) is 0 Å². The number of hydrogen-bond donors (Lipinski definition) is 4. The van der Waals surface area contributed by atoms with Crippen molar-refractivity contribution < 1.29 is 0 Å². The predicted octanol–water partition coefficient (Wildman–Crippen LogP) is 0.637. The summed E-state index contributed by atoms with van der Waals surface area (Å²) in [5.74, 6) is 0. The van der Waals surface area contributed by atoms with E-state index in [1.54, 1.807) is 0 Å². The van der Waals surface area contributed by atoms with E-state index in [0.717, 1.165) is 6.42 Å². The Morgan fingerprint density at radius 2 is 1.60 bits per heavy atom. The molecule has 0 bridgehead atoms. The molecule has 0 fully saturated rings. The second-order valence-electron chi connectivity index (χ2n) is 5.08. The Kier molecular flexibility index (Phi) is 5.98. The maximum Gasteiger partial charge on any atom is 0.366 e. The van der Waals surface area contributed by atoms with Crippen LogP contribution >= 0.6 is 0 Å². The minimum absolute atomic E-state index is 0.0959. The molecule has 0 aliphatic rings. The molecule has 0 spiro atoms. The van der Waals surface area contributed by atoms with Gasteiger partial charge in [-0.3, -0.25) is 9.96 Å². The second kappa shape index (κ2) is 5.96. The average molecular weight is 232 g/mol. The van der Waals surface area contributed by atoms with Crippen molar-refractivity contribution in [1.29, 1.82) is 0 Å². The van der Waals surface area contributed by atoms with Gasteiger partial charge in [-0.1, -0.05) is 13.8 Å². The van der Waals surface area contributed by atoms with E-state index >= 15 is 0 Å². The molecule has 0 saturated heterocycles. The molecule has 4 nitrogen and oxygen atoms in total. The fraction of sp³-hybridized carbons (Fsp3) is 1.00. The Morgan fingerprint density at radius 3 is 1.87 bits per heavy atom. The Bertz CT molecular complexity index is 175. The van der Waals surface area contributed by atoms with Gasteiger partial charge in [-0.05, 0) is 41.3 Å². The molecule has 0 amide bonds. The number of hydrogen-bond acceptors (Lipinski definition) is 4. The first-order valence-corrected chi connectivity index (χ1v) is 7.73. The summed E-state index contributed by atoms with van der Waals surface area (Å²) in [6, 6.07) is 0.506. The first kappa shape index (κ1) is 15.1. The highest BCUT2D eigenvalue weighted by atomic mass is 28.4. The SMILES string of the molecule is CCC(C)N[Si](NC)(NC)NC(C)(C)C. The zero-order valence-electron chi connectivity index (χ0n) is 11.3. The van der Waals surface area contributed by atoms with E-state index in [-0.39, 0.29) is 5.54 Å². The van der Waals surface area contributed by atoms with Gasteiger partial charge in [0.1, 0.15) is 0 Å². The molecule has 92 valence electrons. The molecule has 0 aromatic rings. The third-order valence-corrected chi connectivity index (χ3v) is 5.94. The van der Waals surface area contributed by atoms with Crippen molar-refractivity contribution in [3.8, 4) is 0 Å². The average Bonchev–Trinajstić information content (AvgIpc) is 2.14. The van der Waals surface area contributed by atoms with E-state index < -0.39 is 8.72 Å². The maximum absolute atomic E-state index is 3.64. The molecule has 0 aliphatic carbocycles. The van der Waals surface area contributed by atoms with E-state index in [2.05, 4.69) is 54.5 Å². The van der Waals surface area contributed by atoms with Gasteiger partial charge in [-0.15, -0.1) is 0 Å². The summed E-state index contributed by atoms with van der Waals surface area (Å²) < 4.78 is 0. The molecular formula is C10H28N4Si. The van der Waals surface area contributed by atoms with Crippen molar-refractivity contribution in [1.82, 2.24) is 19.9 Å². The van der Waals surface area contributed by atoms with E-state index in [9.17, 15) is 0 Å². The van der Waals surface area contributed by atoms with Crippen LogP contribution in [0.15, 0.2) is 0 Å².